The lowest BCUT2D eigenvalue weighted by Gasteiger charge is -2.18. The van der Waals surface area contributed by atoms with Gasteiger partial charge in [-0.15, -0.1) is 0 Å². The Labute approximate surface area is 158 Å². The lowest BCUT2D eigenvalue weighted by Crippen LogP contribution is -2.29. The zero-order valence-corrected chi connectivity index (χ0v) is 15.9. The van der Waals surface area contributed by atoms with Crippen molar-refractivity contribution in [3.05, 3.63) is 53.5 Å². The van der Waals surface area contributed by atoms with E-state index in [2.05, 4.69) is 27.9 Å². The van der Waals surface area contributed by atoms with Gasteiger partial charge in [0.25, 0.3) is 5.91 Å². The monoisotopic (exact) mass is 364 g/mol. The van der Waals surface area contributed by atoms with Crippen molar-refractivity contribution in [2.75, 3.05) is 18.8 Å². The van der Waals surface area contributed by atoms with Gasteiger partial charge in [0, 0.05) is 37.0 Å². The van der Waals surface area contributed by atoms with Crippen molar-refractivity contribution in [3.8, 4) is 11.1 Å². The molecule has 3 heterocycles. The van der Waals surface area contributed by atoms with Crippen molar-refractivity contribution < 1.29 is 4.79 Å². The number of likely N-dealkylation sites (tertiary alicyclic amines) is 1. The highest BCUT2D eigenvalue weighted by atomic mass is 16.2. The third kappa shape index (κ3) is 3.09. The van der Waals surface area contributed by atoms with E-state index in [1.807, 2.05) is 36.1 Å². The summed E-state index contributed by atoms with van der Waals surface area (Å²) in [6.07, 6.45) is 2.65. The topological polar surface area (TPSA) is 82.0 Å². The van der Waals surface area contributed by atoms with Gasteiger partial charge in [-0.25, -0.2) is 0 Å². The molecule has 1 aromatic carbocycles. The van der Waals surface area contributed by atoms with Crippen LogP contribution >= 0.6 is 0 Å². The van der Waals surface area contributed by atoms with Crippen molar-refractivity contribution in [1.82, 2.24) is 24.5 Å². The Morgan fingerprint density at radius 1 is 1.26 bits per heavy atom. The Kier molecular flexibility index (Phi) is 4.22. The smallest absolute Gasteiger partial charge is 0.253 e. The van der Waals surface area contributed by atoms with Gasteiger partial charge in [0.1, 0.15) is 5.82 Å². The summed E-state index contributed by atoms with van der Waals surface area (Å²) < 4.78 is 3.68. The maximum atomic E-state index is 13.0. The maximum absolute atomic E-state index is 13.0. The van der Waals surface area contributed by atoms with E-state index in [1.54, 1.807) is 17.9 Å². The van der Waals surface area contributed by atoms with Crippen LogP contribution in [0.1, 0.15) is 34.2 Å². The normalized spacial score (nSPS) is 16.9. The molecular formula is C20H24N6O. The fraction of sp³-hybridized carbons (Fsp3) is 0.350. The van der Waals surface area contributed by atoms with E-state index in [9.17, 15) is 4.79 Å². The number of aromatic nitrogens is 4. The summed E-state index contributed by atoms with van der Waals surface area (Å²) in [7, 11) is 1.80. The minimum Gasteiger partial charge on any atom is -0.383 e. The highest BCUT2D eigenvalue weighted by molar-refractivity contribution is 5.96. The first-order chi connectivity index (χ1) is 12.9. The molecule has 1 aliphatic rings. The molecule has 27 heavy (non-hydrogen) atoms. The number of anilines is 1. The molecule has 0 aliphatic carbocycles. The van der Waals surface area contributed by atoms with Crippen molar-refractivity contribution in [2.45, 2.75) is 26.3 Å². The van der Waals surface area contributed by atoms with Gasteiger partial charge < -0.3 is 10.6 Å². The summed E-state index contributed by atoms with van der Waals surface area (Å²) >= 11 is 0. The summed E-state index contributed by atoms with van der Waals surface area (Å²) in [5, 5.41) is 8.76. The number of hydrogen-bond acceptors (Lipinski definition) is 4. The second kappa shape index (κ2) is 6.57. The van der Waals surface area contributed by atoms with Crippen molar-refractivity contribution in [1.29, 1.82) is 0 Å². The van der Waals surface area contributed by atoms with Gasteiger partial charge in [0.2, 0.25) is 0 Å². The molecule has 0 spiro atoms. The number of hydrogen-bond donors (Lipinski definition) is 1. The van der Waals surface area contributed by atoms with Crippen LogP contribution in [0.25, 0.3) is 11.1 Å². The number of nitrogen functional groups attached to an aromatic ring is 1. The van der Waals surface area contributed by atoms with Crippen molar-refractivity contribution in [3.63, 3.8) is 0 Å². The number of aryl methyl sites for hydroxylation is 3. The summed E-state index contributed by atoms with van der Waals surface area (Å²) in [6, 6.07) is 9.91. The summed E-state index contributed by atoms with van der Waals surface area (Å²) in [5.74, 6) is 0.633. The Morgan fingerprint density at radius 2 is 2.07 bits per heavy atom. The zero-order valence-electron chi connectivity index (χ0n) is 15.9. The molecule has 2 aromatic heterocycles. The van der Waals surface area contributed by atoms with Crippen LogP contribution in [0.4, 0.5) is 5.82 Å². The SMILES string of the molecule is Cc1cc(C)n([C@@H]2CCN(C(=O)c3cccc(-c4cnn(C)c4N)c3)C2)n1. The van der Waals surface area contributed by atoms with Gasteiger partial charge in [0.15, 0.2) is 0 Å². The average Bonchev–Trinajstić information content (AvgIpc) is 3.35. The third-order valence-corrected chi connectivity index (χ3v) is 5.25. The summed E-state index contributed by atoms with van der Waals surface area (Å²) in [5.41, 5.74) is 10.6. The van der Waals surface area contributed by atoms with Gasteiger partial charge in [-0.05, 0) is 44.0 Å². The summed E-state index contributed by atoms with van der Waals surface area (Å²) in [4.78, 5) is 14.9. The molecule has 4 rings (SSSR count). The van der Waals surface area contributed by atoms with Crippen LogP contribution in [-0.4, -0.2) is 43.5 Å². The molecule has 140 valence electrons. The predicted octanol–water partition coefficient (Wildman–Crippen LogP) is 2.57. The highest BCUT2D eigenvalue weighted by Crippen LogP contribution is 2.28. The van der Waals surface area contributed by atoms with Crippen LogP contribution in [0.2, 0.25) is 0 Å². The van der Waals surface area contributed by atoms with Gasteiger partial charge in [-0.2, -0.15) is 10.2 Å². The Morgan fingerprint density at radius 3 is 2.74 bits per heavy atom. The lowest BCUT2D eigenvalue weighted by molar-refractivity contribution is 0.0787. The quantitative estimate of drug-likeness (QED) is 0.774. The van der Waals surface area contributed by atoms with Gasteiger partial charge in [-0.1, -0.05) is 12.1 Å². The van der Waals surface area contributed by atoms with Crippen LogP contribution < -0.4 is 5.73 Å². The van der Waals surface area contributed by atoms with Crippen LogP contribution in [0.3, 0.4) is 0 Å². The second-order valence-electron chi connectivity index (χ2n) is 7.21. The van der Waals surface area contributed by atoms with Gasteiger partial charge in [-0.3, -0.25) is 14.2 Å². The molecule has 1 aliphatic heterocycles. The minimum absolute atomic E-state index is 0.0448. The molecule has 0 saturated carbocycles. The van der Waals surface area contributed by atoms with E-state index in [-0.39, 0.29) is 11.9 Å². The molecule has 1 amide bonds. The van der Waals surface area contributed by atoms with Gasteiger partial charge >= 0.3 is 0 Å². The van der Waals surface area contributed by atoms with E-state index >= 15 is 0 Å². The average molecular weight is 364 g/mol. The minimum atomic E-state index is 0.0448. The highest BCUT2D eigenvalue weighted by Gasteiger charge is 2.29. The van der Waals surface area contributed by atoms with E-state index in [1.165, 1.54) is 0 Å². The number of carbonyl (C=O) groups excluding carboxylic acids is 1. The number of rotatable bonds is 3. The Balaban J connectivity index is 1.54. The summed E-state index contributed by atoms with van der Waals surface area (Å²) in [6.45, 7) is 5.48. The third-order valence-electron chi connectivity index (χ3n) is 5.25. The van der Waals surface area contributed by atoms with Crippen LogP contribution in [0, 0.1) is 13.8 Å². The number of nitrogens with zero attached hydrogens (tertiary/aromatic N) is 5. The molecule has 7 heteroatoms. The number of benzene rings is 1. The molecular weight excluding hydrogens is 340 g/mol. The van der Waals surface area contributed by atoms with E-state index in [0.717, 1.165) is 35.5 Å². The zero-order chi connectivity index (χ0) is 19.1. The second-order valence-corrected chi connectivity index (χ2v) is 7.21. The first-order valence-corrected chi connectivity index (χ1v) is 9.14. The number of amides is 1. The van der Waals surface area contributed by atoms with Crippen LogP contribution in [-0.2, 0) is 7.05 Å². The number of carbonyl (C=O) groups is 1. The molecule has 7 nitrogen and oxygen atoms in total. The Hall–Kier alpha value is -3.09. The molecule has 1 atom stereocenters. The fourth-order valence-electron chi connectivity index (χ4n) is 3.81. The van der Waals surface area contributed by atoms with E-state index in [0.29, 0.717) is 17.9 Å². The molecule has 0 unspecified atom stereocenters. The van der Waals surface area contributed by atoms with Crippen LogP contribution in [0.5, 0.6) is 0 Å². The van der Waals surface area contributed by atoms with Crippen LogP contribution in [0.15, 0.2) is 36.5 Å². The Bertz CT molecular complexity index is 1000. The van der Waals surface area contributed by atoms with Crippen molar-refractivity contribution in [2.24, 2.45) is 7.05 Å². The lowest BCUT2D eigenvalue weighted by atomic mass is 10.0. The first-order valence-electron chi connectivity index (χ1n) is 9.14. The predicted molar refractivity (Wildman–Crippen MR) is 104 cm³/mol. The number of nitrogens with two attached hydrogens (primary N) is 1. The largest absolute Gasteiger partial charge is 0.383 e. The molecule has 3 aromatic rings. The van der Waals surface area contributed by atoms with Crippen molar-refractivity contribution >= 4 is 11.7 Å². The fourth-order valence-corrected chi connectivity index (χ4v) is 3.81. The first kappa shape index (κ1) is 17.3. The molecule has 0 bridgehead atoms. The molecule has 2 N–H and O–H groups in total. The van der Waals surface area contributed by atoms with E-state index in [4.69, 9.17) is 5.73 Å². The molecule has 1 saturated heterocycles. The maximum Gasteiger partial charge on any atom is 0.253 e. The van der Waals surface area contributed by atoms with Gasteiger partial charge in [0.05, 0.1) is 17.9 Å². The molecule has 0 radical (unpaired) electrons. The molecule has 1 fully saturated rings. The standard InChI is InChI=1S/C20H24N6O/c1-13-9-14(2)26(23-13)17-7-8-25(12-17)20(27)16-6-4-5-15(10-16)18-11-22-24(3)19(18)21/h4-6,9-11,17H,7-8,12,21H2,1-3H3/t17-/m1/s1. The van der Waals surface area contributed by atoms with E-state index < -0.39 is 0 Å².